The van der Waals surface area contributed by atoms with Crippen LogP contribution in [0, 0.1) is 11.8 Å². The number of hydrogen-bond acceptors (Lipinski definition) is 2. The molecule has 1 amide bonds. The van der Waals surface area contributed by atoms with E-state index in [0.29, 0.717) is 12.3 Å². The number of nitrogens with one attached hydrogen (secondary N) is 1. The summed E-state index contributed by atoms with van der Waals surface area (Å²) in [5, 5.41) is 2.90. The first kappa shape index (κ1) is 12.1. The van der Waals surface area contributed by atoms with Crippen LogP contribution < -0.4 is 5.32 Å². The molecule has 17 heavy (non-hydrogen) atoms. The summed E-state index contributed by atoms with van der Waals surface area (Å²) < 4.78 is 0. The Morgan fingerprint density at radius 1 is 1.41 bits per heavy atom. The normalized spacial score (nSPS) is 24.3. The number of pyridine rings is 1. The number of aromatic nitrogens is 1. The van der Waals surface area contributed by atoms with Crippen LogP contribution >= 0.6 is 0 Å². The third-order valence-corrected chi connectivity index (χ3v) is 3.55. The lowest BCUT2D eigenvalue weighted by molar-refractivity contribution is -0.117. The molecular formula is C14H20N2O. The average Bonchev–Trinajstić information content (AvgIpc) is 2.33. The van der Waals surface area contributed by atoms with Crippen molar-refractivity contribution in [2.75, 3.05) is 5.32 Å². The summed E-state index contributed by atoms with van der Waals surface area (Å²) in [5.74, 6) is 1.54. The first-order valence-corrected chi connectivity index (χ1v) is 6.44. The Kier molecular flexibility index (Phi) is 4.13. The van der Waals surface area contributed by atoms with E-state index in [2.05, 4.69) is 17.2 Å². The topological polar surface area (TPSA) is 42.0 Å². The Morgan fingerprint density at radius 3 is 2.82 bits per heavy atom. The highest BCUT2D eigenvalue weighted by Crippen LogP contribution is 2.30. The largest absolute Gasteiger partial charge is 0.325 e. The lowest BCUT2D eigenvalue weighted by Gasteiger charge is -2.25. The molecule has 1 fully saturated rings. The van der Waals surface area contributed by atoms with Crippen LogP contribution in [0.4, 0.5) is 5.69 Å². The van der Waals surface area contributed by atoms with E-state index in [0.717, 1.165) is 11.6 Å². The molecule has 1 aromatic rings. The third-order valence-electron chi connectivity index (χ3n) is 3.55. The van der Waals surface area contributed by atoms with Gasteiger partial charge in [0.25, 0.3) is 0 Å². The molecule has 92 valence electrons. The summed E-state index contributed by atoms with van der Waals surface area (Å²) in [4.78, 5) is 15.8. The fourth-order valence-corrected chi connectivity index (χ4v) is 2.44. The van der Waals surface area contributed by atoms with Gasteiger partial charge >= 0.3 is 0 Å². The molecule has 1 aliphatic carbocycles. The molecule has 0 radical (unpaired) electrons. The highest BCUT2D eigenvalue weighted by molar-refractivity contribution is 5.90. The van der Waals surface area contributed by atoms with Gasteiger partial charge in [-0.25, -0.2) is 0 Å². The fourth-order valence-electron chi connectivity index (χ4n) is 2.44. The van der Waals surface area contributed by atoms with Crippen LogP contribution in [0.3, 0.4) is 0 Å². The van der Waals surface area contributed by atoms with E-state index >= 15 is 0 Å². The SMILES string of the molecule is CC1CCC(CC(=O)Nc2cccnc2)CC1. The molecule has 1 saturated carbocycles. The van der Waals surface area contributed by atoms with E-state index in [1.807, 2.05) is 12.1 Å². The summed E-state index contributed by atoms with van der Waals surface area (Å²) in [6.45, 7) is 2.30. The molecule has 1 aliphatic rings. The van der Waals surface area contributed by atoms with Crippen molar-refractivity contribution in [3.63, 3.8) is 0 Å². The van der Waals surface area contributed by atoms with Gasteiger partial charge in [0.15, 0.2) is 0 Å². The zero-order valence-electron chi connectivity index (χ0n) is 10.4. The summed E-state index contributed by atoms with van der Waals surface area (Å²) >= 11 is 0. The molecular weight excluding hydrogens is 212 g/mol. The molecule has 0 unspecified atom stereocenters. The highest BCUT2D eigenvalue weighted by atomic mass is 16.1. The van der Waals surface area contributed by atoms with E-state index < -0.39 is 0 Å². The molecule has 0 saturated heterocycles. The minimum absolute atomic E-state index is 0.123. The van der Waals surface area contributed by atoms with Gasteiger partial charge in [0, 0.05) is 12.6 Å². The van der Waals surface area contributed by atoms with Gasteiger partial charge < -0.3 is 5.32 Å². The molecule has 3 heteroatoms. The quantitative estimate of drug-likeness (QED) is 0.869. The van der Waals surface area contributed by atoms with Crippen molar-refractivity contribution in [1.82, 2.24) is 4.98 Å². The highest BCUT2D eigenvalue weighted by Gasteiger charge is 2.20. The lowest BCUT2D eigenvalue weighted by atomic mass is 9.81. The number of carbonyl (C=O) groups excluding carboxylic acids is 1. The van der Waals surface area contributed by atoms with Crippen LogP contribution in [0.25, 0.3) is 0 Å². The van der Waals surface area contributed by atoms with Crippen LogP contribution in [0.15, 0.2) is 24.5 Å². The molecule has 3 nitrogen and oxygen atoms in total. The molecule has 1 heterocycles. The van der Waals surface area contributed by atoms with Gasteiger partial charge in [-0.05, 0) is 36.8 Å². The zero-order chi connectivity index (χ0) is 12.1. The molecule has 0 aromatic carbocycles. The van der Waals surface area contributed by atoms with Gasteiger partial charge in [-0.3, -0.25) is 9.78 Å². The second kappa shape index (κ2) is 5.80. The molecule has 0 aliphatic heterocycles. The summed E-state index contributed by atoms with van der Waals surface area (Å²) in [5.41, 5.74) is 0.793. The van der Waals surface area contributed by atoms with Gasteiger partial charge in [0.1, 0.15) is 0 Å². The minimum atomic E-state index is 0.123. The van der Waals surface area contributed by atoms with Crippen LogP contribution in [-0.2, 0) is 4.79 Å². The summed E-state index contributed by atoms with van der Waals surface area (Å²) in [6, 6.07) is 3.70. The molecule has 1 aromatic heterocycles. The van der Waals surface area contributed by atoms with Crippen molar-refractivity contribution in [1.29, 1.82) is 0 Å². The Bertz CT molecular complexity index is 356. The van der Waals surface area contributed by atoms with Crippen LogP contribution in [0.2, 0.25) is 0 Å². The maximum Gasteiger partial charge on any atom is 0.224 e. The molecule has 0 bridgehead atoms. The maximum absolute atomic E-state index is 11.8. The monoisotopic (exact) mass is 232 g/mol. The van der Waals surface area contributed by atoms with E-state index in [9.17, 15) is 4.79 Å². The maximum atomic E-state index is 11.8. The zero-order valence-corrected chi connectivity index (χ0v) is 10.4. The first-order valence-electron chi connectivity index (χ1n) is 6.44. The van der Waals surface area contributed by atoms with Crippen molar-refractivity contribution in [2.24, 2.45) is 11.8 Å². The van der Waals surface area contributed by atoms with E-state index in [1.54, 1.807) is 12.4 Å². The van der Waals surface area contributed by atoms with Crippen molar-refractivity contribution >= 4 is 11.6 Å². The van der Waals surface area contributed by atoms with Crippen LogP contribution in [-0.4, -0.2) is 10.9 Å². The molecule has 0 atom stereocenters. The van der Waals surface area contributed by atoms with Crippen molar-refractivity contribution in [2.45, 2.75) is 39.0 Å². The average molecular weight is 232 g/mol. The Balaban J connectivity index is 1.78. The number of hydrogen-bond donors (Lipinski definition) is 1. The second-order valence-corrected chi connectivity index (χ2v) is 5.12. The predicted molar refractivity (Wildman–Crippen MR) is 68.6 cm³/mol. The molecule has 0 spiro atoms. The van der Waals surface area contributed by atoms with E-state index in [-0.39, 0.29) is 5.91 Å². The number of anilines is 1. The Labute approximate surface area is 103 Å². The van der Waals surface area contributed by atoms with Crippen molar-refractivity contribution in [3.05, 3.63) is 24.5 Å². The van der Waals surface area contributed by atoms with Gasteiger partial charge in [-0.1, -0.05) is 19.8 Å². The van der Waals surface area contributed by atoms with E-state index in [1.165, 1.54) is 25.7 Å². The third kappa shape index (κ3) is 3.84. The van der Waals surface area contributed by atoms with E-state index in [4.69, 9.17) is 0 Å². The number of rotatable bonds is 3. The van der Waals surface area contributed by atoms with Crippen LogP contribution in [0.1, 0.15) is 39.0 Å². The standard InChI is InChI=1S/C14H20N2O/c1-11-4-6-12(7-5-11)9-14(17)16-13-3-2-8-15-10-13/h2-3,8,10-12H,4-7,9H2,1H3,(H,16,17). The molecule has 1 N–H and O–H groups in total. The van der Waals surface area contributed by atoms with Gasteiger partial charge in [-0.15, -0.1) is 0 Å². The second-order valence-electron chi connectivity index (χ2n) is 5.12. The van der Waals surface area contributed by atoms with Gasteiger partial charge in [0.05, 0.1) is 11.9 Å². The number of nitrogens with zero attached hydrogens (tertiary/aromatic N) is 1. The van der Waals surface area contributed by atoms with Gasteiger partial charge in [-0.2, -0.15) is 0 Å². The lowest BCUT2D eigenvalue weighted by Crippen LogP contribution is -2.20. The predicted octanol–water partition coefficient (Wildman–Crippen LogP) is 3.24. The molecule has 2 rings (SSSR count). The smallest absolute Gasteiger partial charge is 0.224 e. The fraction of sp³-hybridized carbons (Fsp3) is 0.571. The summed E-state index contributed by atoms with van der Waals surface area (Å²) in [6.07, 6.45) is 8.97. The van der Waals surface area contributed by atoms with Crippen molar-refractivity contribution < 1.29 is 4.79 Å². The van der Waals surface area contributed by atoms with Crippen molar-refractivity contribution in [3.8, 4) is 0 Å². The summed E-state index contributed by atoms with van der Waals surface area (Å²) in [7, 11) is 0. The Hall–Kier alpha value is -1.38. The van der Waals surface area contributed by atoms with Gasteiger partial charge in [0.2, 0.25) is 5.91 Å². The number of carbonyl (C=O) groups is 1. The number of amides is 1. The van der Waals surface area contributed by atoms with Crippen LogP contribution in [0.5, 0.6) is 0 Å². The minimum Gasteiger partial charge on any atom is -0.325 e. The Morgan fingerprint density at radius 2 is 2.18 bits per heavy atom. The first-order chi connectivity index (χ1) is 8.24.